The van der Waals surface area contributed by atoms with Crippen molar-refractivity contribution in [3.05, 3.63) is 45.7 Å². The van der Waals surface area contributed by atoms with Gasteiger partial charge in [0, 0.05) is 32.4 Å². The fourth-order valence-electron chi connectivity index (χ4n) is 2.86. The number of aromatic nitrogens is 2. The molecule has 3 rings (SSSR count). The minimum absolute atomic E-state index is 0.878. The molecule has 0 amide bonds. The van der Waals surface area contributed by atoms with Gasteiger partial charge in [-0.25, -0.2) is 0 Å². The number of benzene rings is 1. The summed E-state index contributed by atoms with van der Waals surface area (Å²) in [6.45, 7) is 5.98. The van der Waals surface area contributed by atoms with Crippen molar-refractivity contribution < 1.29 is 0 Å². The lowest BCUT2D eigenvalue weighted by Gasteiger charge is -2.24. The average molecular weight is 349 g/mol. The number of para-hydroxylation sites is 1. The Labute approximate surface area is 134 Å². The van der Waals surface area contributed by atoms with E-state index < -0.39 is 0 Å². The molecule has 0 spiro atoms. The summed E-state index contributed by atoms with van der Waals surface area (Å²) in [5.74, 6) is 0. The van der Waals surface area contributed by atoms with Crippen molar-refractivity contribution in [3.8, 4) is 0 Å². The van der Waals surface area contributed by atoms with Crippen LogP contribution in [0.25, 0.3) is 0 Å². The maximum Gasteiger partial charge on any atom is 0.0767 e. The number of nitrogens with one attached hydrogen (secondary N) is 1. The van der Waals surface area contributed by atoms with Crippen LogP contribution in [0.4, 0.5) is 5.69 Å². The minimum atomic E-state index is 0.878. The number of halogens is 1. The summed E-state index contributed by atoms with van der Waals surface area (Å²) in [7, 11) is 2.03. The van der Waals surface area contributed by atoms with Crippen molar-refractivity contribution in [1.82, 2.24) is 15.1 Å². The molecule has 112 valence electrons. The number of hydrogen-bond acceptors (Lipinski definition) is 3. The molecule has 0 radical (unpaired) electrons. The molecule has 1 aliphatic rings. The van der Waals surface area contributed by atoms with Crippen LogP contribution in [0.5, 0.6) is 0 Å². The SMILES string of the molecule is CCc1nn(C)c(CN2CCNCc3ccccc32)c1Br. The predicted molar refractivity (Wildman–Crippen MR) is 89.5 cm³/mol. The van der Waals surface area contributed by atoms with Gasteiger partial charge < -0.3 is 10.2 Å². The zero-order valence-electron chi connectivity index (χ0n) is 12.6. The second-order valence-electron chi connectivity index (χ2n) is 5.41. The normalized spacial score (nSPS) is 14.9. The van der Waals surface area contributed by atoms with Crippen molar-refractivity contribution in [2.75, 3.05) is 18.0 Å². The van der Waals surface area contributed by atoms with Gasteiger partial charge in [0.15, 0.2) is 0 Å². The average Bonchev–Trinajstić information content (AvgIpc) is 2.67. The van der Waals surface area contributed by atoms with Crippen LogP contribution in [-0.2, 0) is 26.6 Å². The Balaban J connectivity index is 1.93. The van der Waals surface area contributed by atoms with Crippen LogP contribution in [0, 0.1) is 0 Å². The number of fused-ring (bicyclic) bond motifs is 1. The highest BCUT2D eigenvalue weighted by molar-refractivity contribution is 9.10. The molecule has 1 aromatic heterocycles. The molecule has 0 fully saturated rings. The van der Waals surface area contributed by atoms with E-state index in [9.17, 15) is 0 Å². The van der Waals surface area contributed by atoms with E-state index in [2.05, 4.69) is 62.4 Å². The molecule has 0 saturated carbocycles. The van der Waals surface area contributed by atoms with Gasteiger partial charge >= 0.3 is 0 Å². The Morgan fingerprint density at radius 3 is 2.90 bits per heavy atom. The van der Waals surface area contributed by atoms with Crippen molar-refractivity contribution in [1.29, 1.82) is 0 Å². The van der Waals surface area contributed by atoms with Crippen LogP contribution >= 0.6 is 15.9 Å². The second-order valence-corrected chi connectivity index (χ2v) is 6.20. The van der Waals surface area contributed by atoms with E-state index in [1.54, 1.807) is 0 Å². The third kappa shape index (κ3) is 2.85. The van der Waals surface area contributed by atoms with Crippen LogP contribution in [-0.4, -0.2) is 22.9 Å². The van der Waals surface area contributed by atoms with E-state index in [1.807, 2.05) is 11.7 Å². The van der Waals surface area contributed by atoms with Gasteiger partial charge in [-0.2, -0.15) is 5.10 Å². The zero-order valence-corrected chi connectivity index (χ0v) is 14.2. The lowest BCUT2D eigenvalue weighted by atomic mass is 10.1. The number of rotatable bonds is 3. The van der Waals surface area contributed by atoms with Gasteiger partial charge in [0.05, 0.1) is 22.4 Å². The van der Waals surface area contributed by atoms with Gasteiger partial charge in [0.1, 0.15) is 0 Å². The first-order valence-corrected chi connectivity index (χ1v) is 8.23. The van der Waals surface area contributed by atoms with E-state index in [0.717, 1.165) is 42.8 Å². The highest BCUT2D eigenvalue weighted by atomic mass is 79.9. The lowest BCUT2D eigenvalue weighted by molar-refractivity contribution is 0.653. The molecule has 2 aromatic rings. The summed E-state index contributed by atoms with van der Waals surface area (Å²) in [4.78, 5) is 2.44. The molecular weight excluding hydrogens is 328 g/mol. The van der Waals surface area contributed by atoms with Crippen LogP contribution in [0.2, 0.25) is 0 Å². The van der Waals surface area contributed by atoms with Crippen molar-refractivity contribution in [2.24, 2.45) is 7.05 Å². The molecule has 2 heterocycles. The molecule has 0 atom stereocenters. The summed E-state index contributed by atoms with van der Waals surface area (Å²) in [5, 5.41) is 8.09. The standard InChI is InChI=1S/C16H21BrN4/c1-3-13-16(17)15(20(2)19-13)11-21-9-8-18-10-12-6-4-5-7-14(12)21/h4-7,18H,3,8-11H2,1-2H3. The fourth-order valence-corrected chi connectivity index (χ4v) is 3.60. The summed E-state index contributed by atoms with van der Waals surface area (Å²) in [6, 6.07) is 8.65. The molecule has 0 aliphatic carbocycles. The number of hydrogen-bond donors (Lipinski definition) is 1. The van der Waals surface area contributed by atoms with Gasteiger partial charge in [-0.1, -0.05) is 25.1 Å². The third-order valence-electron chi connectivity index (χ3n) is 4.05. The molecule has 4 nitrogen and oxygen atoms in total. The van der Waals surface area contributed by atoms with Crippen LogP contribution in [0.1, 0.15) is 23.9 Å². The summed E-state index contributed by atoms with van der Waals surface area (Å²) in [5.41, 5.74) is 5.06. The van der Waals surface area contributed by atoms with Gasteiger partial charge in [-0.15, -0.1) is 0 Å². The van der Waals surface area contributed by atoms with E-state index >= 15 is 0 Å². The van der Waals surface area contributed by atoms with Crippen molar-refractivity contribution in [3.63, 3.8) is 0 Å². The predicted octanol–water partition coefficient (Wildman–Crippen LogP) is 2.85. The molecule has 5 heteroatoms. The Bertz CT molecular complexity index is 635. The third-order valence-corrected chi connectivity index (χ3v) is 4.97. The highest BCUT2D eigenvalue weighted by Crippen LogP contribution is 2.27. The number of aryl methyl sites for hydroxylation is 2. The Morgan fingerprint density at radius 2 is 2.14 bits per heavy atom. The summed E-state index contributed by atoms with van der Waals surface area (Å²) in [6.07, 6.45) is 0.951. The van der Waals surface area contributed by atoms with Crippen LogP contribution in [0.3, 0.4) is 0 Å². The van der Waals surface area contributed by atoms with E-state index in [0.29, 0.717) is 0 Å². The molecule has 1 aliphatic heterocycles. The van der Waals surface area contributed by atoms with Crippen LogP contribution < -0.4 is 10.2 Å². The Hall–Kier alpha value is -1.33. The van der Waals surface area contributed by atoms with E-state index in [1.165, 1.54) is 16.9 Å². The number of anilines is 1. The lowest BCUT2D eigenvalue weighted by Crippen LogP contribution is -2.29. The first-order valence-electron chi connectivity index (χ1n) is 7.44. The molecule has 21 heavy (non-hydrogen) atoms. The maximum atomic E-state index is 4.60. The zero-order chi connectivity index (χ0) is 14.8. The second kappa shape index (κ2) is 6.20. The molecule has 0 bridgehead atoms. The fraction of sp³-hybridized carbons (Fsp3) is 0.438. The van der Waals surface area contributed by atoms with Crippen LogP contribution in [0.15, 0.2) is 28.7 Å². The molecular formula is C16H21BrN4. The van der Waals surface area contributed by atoms with E-state index in [-0.39, 0.29) is 0 Å². The first kappa shape index (κ1) is 14.6. The molecule has 0 unspecified atom stereocenters. The largest absolute Gasteiger partial charge is 0.364 e. The van der Waals surface area contributed by atoms with Gasteiger partial charge in [0.2, 0.25) is 0 Å². The van der Waals surface area contributed by atoms with Crippen molar-refractivity contribution in [2.45, 2.75) is 26.4 Å². The summed E-state index contributed by atoms with van der Waals surface area (Å²) >= 11 is 3.72. The Kier molecular flexibility index (Phi) is 4.31. The maximum absolute atomic E-state index is 4.60. The number of nitrogens with zero attached hydrogens (tertiary/aromatic N) is 3. The minimum Gasteiger partial charge on any atom is -0.364 e. The van der Waals surface area contributed by atoms with Gasteiger partial charge in [-0.3, -0.25) is 4.68 Å². The van der Waals surface area contributed by atoms with E-state index in [4.69, 9.17) is 0 Å². The monoisotopic (exact) mass is 348 g/mol. The highest BCUT2D eigenvalue weighted by Gasteiger charge is 2.19. The Morgan fingerprint density at radius 1 is 1.33 bits per heavy atom. The first-order chi connectivity index (χ1) is 10.2. The van der Waals surface area contributed by atoms with Gasteiger partial charge in [0.25, 0.3) is 0 Å². The van der Waals surface area contributed by atoms with Crippen molar-refractivity contribution >= 4 is 21.6 Å². The topological polar surface area (TPSA) is 33.1 Å². The molecule has 1 N–H and O–H groups in total. The summed E-state index contributed by atoms with van der Waals surface area (Å²) < 4.78 is 3.16. The smallest absolute Gasteiger partial charge is 0.0767 e. The molecule has 0 saturated heterocycles. The van der Waals surface area contributed by atoms with Gasteiger partial charge in [-0.05, 0) is 34.0 Å². The quantitative estimate of drug-likeness (QED) is 0.925. The molecule has 1 aromatic carbocycles.